The Bertz CT molecular complexity index is 1310. The topological polar surface area (TPSA) is 49.0 Å². The van der Waals surface area contributed by atoms with E-state index in [4.69, 9.17) is 18.9 Å². The van der Waals surface area contributed by atoms with Crippen LogP contribution < -0.4 is 14.8 Å². The number of fused-ring (bicyclic) bond motifs is 1. The van der Waals surface area contributed by atoms with E-state index in [9.17, 15) is 0 Å². The fourth-order valence-electron chi connectivity index (χ4n) is 5.18. The monoisotopic (exact) mass is 525 g/mol. The first-order chi connectivity index (χ1) is 19.3. The number of hydrogen-bond acceptors (Lipinski definition) is 5. The molecular weight excluding hydrogens is 486 g/mol. The van der Waals surface area contributed by atoms with Crippen molar-refractivity contribution in [3.63, 3.8) is 0 Å². The van der Waals surface area contributed by atoms with Crippen molar-refractivity contribution >= 4 is 10.8 Å². The maximum Gasteiger partial charge on any atom is 0.124 e. The number of piperidine rings is 1. The fraction of sp³-hybridized carbons (Fsp3) is 0.353. The first-order valence-electron chi connectivity index (χ1n) is 14.1. The molecular formula is C34H39NO4. The Morgan fingerprint density at radius 2 is 1.62 bits per heavy atom. The summed E-state index contributed by atoms with van der Waals surface area (Å²) in [7, 11) is 0. The van der Waals surface area contributed by atoms with Crippen molar-refractivity contribution in [3.8, 4) is 11.5 Å². The van der Waals surface area contributed by atoms with E-state index in [1.165, 1.54) is 21.9 Å². The Kier molecular flexibility index (Phi) is 9.86. The average Bonchev–Trinajstić information content (AvgIpc) is 2.99. The standard InChI is InChI=1S/C34H39NO4/c1-2-37-33-11-6-5-10-30(33)25-36-20-7-21-38-31-16-14-28(15-17-31)32-18-19-35-23-34(32)39-24-26-12-13-27-8-3-4-9-29(27)22-26/h3-6,8-17,22,32,34-35H,2,7,18-21,23-25H2,1H3. The molecule has 5 heteroatoms. The first-order valence-corrected chi connectivity index (χ1v) is 14.1. The van der Waals surface area contributed by atoms with Crippen molar-refractivity contribution in [2.45, 2.75) is 45.0 Å². The Balaban J connectivity index is 1.07. The SMILES string of the molecule is CCOc1ccccc1COCCCOc1ccc(C2CCNCC2OCc2ccc3ccccc3c2)cc1. The van der Waals surface area contributed by atoms with Crippen LogP contribution in [-0.2, 0) is 22.7 Å². The molecule has 1 aliphatic rings. The molecule has 2 atom stereocenters. The van der Waals surface area contributed by atoms with Gasteiger partial charge in [0.15, 0.2) is 0 Å². The predicted octanol–water partition coefficient (Wildman–Crippen LogP) is 6.89. The molecule has 1 aliphatic heterocycles. The van der Waals surface area contributed by atoms with Gasteiger partial charge in [-0.15, -0.1) is 0 Å². The van der Waals surface area contributed by atoms with Gasteiger partial charge in [0.2, 0.25) is 0 Å². The van der Waals surface area contributed by atoms with E-state index in [2.05, 4.69) is 72.0 Å². The molecule has 0 bridgehead atoms. The number of rotatable bonds is 13. The lowest BCUT2D eigenvalue weighted by atomic mass is 9.87. The summed E-state index contributed by atoms with van der Waals surface area (Å²) in [6, 6.07) is 31.6. The molecule has 1 N–H and O–H groups in total. The molecule has 0 radical (unpaired) electrons. The number of ether oxygens (including phenoxy) is 4. The molecule has 0 aliphatic carbocycles. The minimum atomic E-state index is 0.141. The number of benzene rings is 4. The Labute approximate surface area is 232 Å². The highest BCUT2D eigenvalue weighted by molar-refractivity contribution is 5.82. The van der Waals surface area contributed by atoms with Crippen LogP contribution in [0.15, 0.2) is 91.0 Å². The van der Waals surface area contributed by atoms with Crippen LogP contribution in [0.3, 0.4) is 0 Å². The fourth-order valence-corrected chi connectivity index (χ4v) is 5.18. The van der Waals surface area contributed by atoms with Crippen molar-refractivity contribution in [1.29, 1.82) is 0 Å². The zero-order valence-corrected chi connectivity index (χ0v) is 22.8. The van der Waals surface area contributed by atoms with Gasteiger partial charge in [-0.1, -0.05) is 66.7 Å². The van der Waals surface area contributed by atoms with E-state index in [-0.39, 0.29) is 6.10 Å². The highest BCUT2D eigenvalue weighted by Gasteiger charge is 2.27. The van der Waals surface area contributed by atoms with Crippen LogP contribution in [0.2, 0.25) is 0 Å². The summed E-state index contributed by atoms with van der Waals surface area (Å²) in [5.74, 6) is 2.16. The summed E-state index contributed by atoms with van der Waals surface area (Å²) in [6.07, 6.45) is 2.03. The van der Waals surface area contributed by atoms with Crippen LogP contribution >= 0.6 is 0 Å². The minimum absolute atomic E-state index is 0.141. The largest absolute Gasteiger partial charge is 0.494 e. The lowest BCUT2D eigenvalue weighted by Crippen LogP contribution is -2.40. The molecule has 1 saturated heterocycles. The molecule has 4 aromatic carbocycles. The second kappa shape index (κ2) is 14.1. The normalized spacial score (nSPS) is 17.3. The van der Waals surface area contributed by atoms with Crippen molar-refractivity contribution in [1.82, 2.24) is 5.32 Å². The predicted molar refractivity (Wildman–Crippen MR) is 157 cm³/mol. The van der Waals surface area contributed by atoms with Gasteiger partial charge in [-0.2, -0.15) is 0 Å². The molecule has 1 heterocycles. The number of nitrogens with one attached hydrogen (secondary N) is 1. The molecule has 204 valence electrons. The quantitative estimate of drug-likeness (QED) is 0.193. The van der Waals surface area contributed by atoms with E-state index in [1.807, 2.05) is 31.2 Å². The van der Waals surface area contributed by atoms with Crippen LogP contribution in [0.4, 0.5) is 0 Å². The van der Waals surface area contributed by atoms with Gasteiger partial charge in [0, 0.05) is 24.4 Å². The maximum absolute atomic E-state index is 6.45. The van der Waals surface area contributed by atoms with Crippen LogP contribution in [0.1, 0.15) is 42.4 Å². The summed E-state index contributed by atoms with van der Waals surface area (Å²) in [5, 5.41) is 6.02. The van der Waals surface area contributed by atoms with E-state index in [0.717, 1.165) is 43.0 Å². The van der Waals surface area contributed by atoms with Crippen molar-refractivity contribution in [2.24, 2.45) is 0 Å². The molecule has 1 fully saturated rings. The number of hydrogen-bond donors (Lipinski definition) is 1. The van der Waals surface area contributed by atoms with Crippen molar-refractivity contribution in [2.75, 3.05) is 32.9 Å². The third-order valence-corrected chi connectivity index (χ3v) is 7.24. The van der Waals surface area contributed by atoms with E-state index >= 15 is 0 Å². The summed E-state index contributed by atoms with van der Waals surface area (Å²) >= 11 is 0. The molecule has 0 saturated carbocycles. The molecule has 5 nitrogen and oxygen atoms in total. The van der Waals surface area contributed by atoms with Gasteiger partial charge >= 0.3 is 0 Å². The van der Waals surface area contributed by atoms with Crippen molar-refractivity contribution in [3.05, 3.63) is 108 Å². The van der Waals surface area contributed by atoms with Gasteiger partial charge in [0.25, 0.3) is 0 Å². The second-order valence-corrected chi connectivity index (χ2v) is 9.99. The lowest BCUT2D eigenvalue weighted by Gasteiger charge is -2.32. The smallest absolute Gasteiger partial charge is 0.124 e. The van der Waals surface area contributed by atoms with Crippen LogP contribution in [0, 0.1) is 0 Å². The Hall–Kier alpha value is -3.38. The molecule has 0 aromatic heterocycles. The van der Waals surface area contributed by atoms with Crippen LogP contribution in [0.5, 0.6) is 11.5 Å². The van der Waals surface area contributed by atoms with Crippen molar-refractivity contribution < 1.29 is 18.9 Å². The molecule has 5 rings (SSSR count). The molecule has 39 heavy (non-hydrogen) atoms. The van der Waals surface area contributed by atoms with Gasteiger partial charge in [0.05, 0.1) is 39.1 Å². The van der Waals surface area contributed by atoms with Gasteiger partial charge in [-0.25, -0.2) is 0 Å². The second-order valence-electron chi connectivity index (χ2n) is 9.99. The third kappa shape index (κ3) is 7.60. The molecule has 0 spiro atoms. The summed E-state index contributed by atoms with van der Waals surface area (Å²) in [4.78, 5) is 0. The van der Waals surface area contributed by atoms with Gasteiger partial charge < -0.3 is 24.3 Å². The van der Waals surface area contributed by atoms with Gasteiger partial charge in [0.1, 0.15) is 11.5 Å². The zero-order chi connectivity index (χ0) is 26.7. The zero-order valence-electron chi connectivity index (χ0n) is 22.8. The maximum atomic E-state index is 6.45. The summed E-state index contributed by atoms with van der Waals surface area (Å²) < 4.78 is 24.0. The summed E-state index contributed by atoms with van der Waals surface area (Å²) in [6.45, 7) is 6.95. The minimum Gasteiger partial charge on any atom is -0.494 e. The lowest BCUT2D eigenvalue weighted by molar-refractivity contribution is 0.0106. The molecule has 4 aromatic rings. The third-order valence-electron chi connectivity index (χ3n) is 7.24. The van der Waals surface area contributed by atoms with Crippen LogP contribution in [0.25, 0.3) is 10.8 Å². The van der Waals surface area contributed by atoms with E-state index in [0.29, 0.717) is 39.0 Å². The highest BCUT2D eigenvalue weighted by atomic mass is 16.5. The highest BCUT2D eigenvalue weighted by Crippen LogP contribution is 2.30. The summed E-state index contributed by atoms with van der Waals surface area (Å²) in [5.41, 5.74) is 3.60. The van der Waals surface area contributed by atoms with E-state index in [1.54, 1.807) is 0 Å². The van der Waals surface area contributed by atoms with Gasteiger partial charge in [-0.05, 0) is 66.1 Å². The van der Waals surface area contributed by atoms with Gasteiger partial charge in [-0.3, -0.25) is 0 Å². The molecule has 2 unspecified atom stereocenters. The molecule has 0 amide bonds. The Morgan fingerprint density at radius 3 is 2.49 bits per heavy atom. The first kappa shape index (κ1) is 27.2. The van der Waals surface area contributed by atoms with E-state index < -0.39 is 0 Å². The Morgan fingerprint density at radius 1 is 0.795 bits per heavy atom. The van der Waals surface area contributed by atoms with Crippen LogP contribution in [-0.4, -0.2) is 39.0 Å². The number of para-hydroxylation sites is 1. The average molecular weight is 526 g/mol.